The predicted octanol–water partition coefficient (Wildman–Crippen LogP) is 4.37. The van der Waals surface area contributed by atoms with E-state index in [1.165, 1.54) is 5.56 Å². The zero-order valence-electron chi connectivity index (χ0n) is 12.5. The molecule has 0 saturated carbocycles. The van der Waals surface area contributed by atoms with Crippen LogP contribution >= 0.6 is 11.6 Å². The van der Waals surface area contributed by atoms with E-state index < -0.39 is 0 Å². The van der Waals surface area contributed by atoms with Gasteiger partial charge in [-0.25, -0.2) is 0 Å². The van der Waals surface area contributed by atoms with Crippen LogP contribution in [0.4, 0.5) is 0 Å². The van der Waals surface area contributed by atoms with Gasteiger partial charge in [0.1, 0.15) is 12.4 Å². The number of rotatable bonds is 7. The number of nitrogens with zero attached hydrogens (tertiary/aromatic N) is 1. The van der Waals surface area contributed by atoms with Crippen molar-refractivity contribution in [2.45, 2.75) is 32.9 Å². The smallest absolute Gasteiger partial charge is 0.120 e. The van der Waals surface area contributed by atoms with Crippen molar-refractivity contribution in [3.8, 4) is 5.75 Å². The molecule has 0 aliphatic heterocycles. The molecular weight excluding hydrogens is 284 g/mol. The molecule has 2 aromatic rings. The molecule has 1 heterocycles. The lowest BCUT2D eigenvalue weighted by Crippen LogP contribution is -2.19. The molecule has 1 N–H and O–H groups in total. The average Bonchev–Trinajstić information content (AvgIpc) is 2.52. The minimum Gasteiger partial charge on any atom is -0.489 e. The zero-order valence-corrected chi connectivity index (χ0v) is 13.2. The van der Waals surface area contributed by atoms with Gasteiger partial charge in [-0.3, -0.25) is 4.98 Å². The molecule has 1 atom stereocenters. The number of benzene rings is 1. The van der Waals surface area contributed by atoms with Crippen molar-refractivity contribution in [3.63, 3.8) is 0 Å². The number of hydrogen-bond acceptors (Lipinski definition) is 3. The Labute approximate surface area is 131 Å². The van der Waals surface area contributed by atoms with Crippen LogP contribution in [0, 0.1) is 0 Å². The van der Waals surface area contributed by atoms with Gasteiger partial charge in [-0.05, 0) is 43.7 Å². The Morgan fingerprint density at radius 3 is 2.95 bits per heavy atom. The Hall–Kier alpha value is -1.58. The molecule has 0 spiro atoms. The van der Waals surface area contributed by atoms with E-state index in [1.807, 2.05) is 18.2 Å². The first-order valence-corrected chi connectivity index (χ1v) is 7.63. The Balaban J connectivity index is 1.99. The molecule has 0 fully saturated rings. The van der Waals surface area contributed by atoms with Crippen molar-refractivity contribution in [1.29, 1.82) is 0 Å². The highest BCUT2D eigenvalue weighted by Gasteiger charge is 2.06. The average molecular weight is 305 g/mol. The molecule has 2 rings (SSSR count). The number of ether oxygens (including phenoxy) is 1. The van der Waals surface area contributed by atoms with Crippen LogP contribution in [0.2, 0.25) is 5.02 Å². The fourth-order valence-electron chi connectivity index (χ4n) is 2.03. The normalized spacial score (nSPS) is 12.1. The number of nitrogens with one attached hydrogen (secondary N) is 1. The largest absolute Gasteiger partial charge is 0.489 e. The number of pyridine rings is 1. The summed E-state index contributed by atoms with van der Waals surface area (Å²) in [6, 6.07) is 10.4. The van der Waals surface area contributed by atoms with E-state index in [2.05, 4.69) is 36.3 Å². The van der Waals surface area contributed by atoms with Crippen molar-refractivity contribution in [2.24, 2.45) is 0 Å². The lowest BCUT2D eigenvalue weighted by molar-refractivity contribution is 0.305. The SMILES string of the molecule is CCCNC(C)c1cccc(OCc2ccncc2Cl)c1. The van der Waals surface area contributed by atoms with Gasteiger partial charge >= 0.3 is 0 Å². The Bertz CT molecular complexity index is 574. The Kier molecular flexibility index (Phi) is 6.03. The predicted molar refractivity (Wildman–Crippen MR) is 86.7 cm³/mol. The van der Waals surface area contributed by atoms with Crippen LogP contribution in [0.1, 0.15) is 37.4 Å². The molecule has 112 valence electrons. The fraction of sp³-hybridized carbons (Fsp3) is 0.353. The van der Waals surface area contributed by atoms with E-state index in [0.717, 1.165) is 24.3 Å². The maximum atomic E-state index is 6.08. The summed E-state index contributed by atoms with van der Waals surface area (Å²) in [7, 11) is 0. The molecule has 4 heteroatoms. The van der Waals surface area contributed by atoms with E-state index in [0.29, 0.717) is 17.7 Å². The minimum absolute atomic E-state index is 0.318. The Morgan fingerprint density at radius 2 is 2.19 bits per heavy atom. The standard InChI is InChI=1S/C17H21ClN2O/c1-3-8-20-13(2)14-5-4-6-16(10-14)21-12-15-7-9-19-11-17(15)18/h4-7,9-11,13,20H,3,8,12H2,1-2H3. The third kappa shape index (κ3) is 4.73. The van der Waals surface area contributed by atoms with E-state index in [-0.39, 0.29) is 0 Å². The summed E-state index contributed by atoms with van der Waals surface area (Å²) in [5.41, 5.74) is 2.16. The molecule has 1 unspecified atom stereocenters. The maximum Gasteiger partial charge on any atom is 0.120 e. The van der Waals surface area contributed by atoms with Gasteiger partial charge in [0.15, 0.2) is 0 Å². The van der Waals surface area contributed by atoms with Gasteiger partial charge in [0.05, 0.1) is 5.02 Å². The molecule has 0 radical (unpaired) electrons. The van der Waals surface area contributed by atoms with Crippen LogP contribution in [0.25, 0.3) is 0 Å². The second kappa shape index (κ2) is 8.01. The number of hydrogen-bond donors (Lipinski definition) is 1. The summed E-state index contributed by atoms with van der Waals surface area (Å²) in [5, 5.41) is 4.10. The molecule has 1 aromatic carbocycles. The highest BCUT2D eigenvalue weighted by Crippen LogP contribution is 2.21. The number of halogens is 1. The first-order valence-electron chi connectivity index (χ1n) is 7.25. The molecular formula is C17H21ClN2O. The summed E-state index contributed by atoms with van der Waals surface area (Å²) >= 11 is 6.08. The van der Waals surface area contributed by atoms with Gasteiger partial charge in [-0.2, -0.15) is 0 Å². The molecule has 0 saturated heterocycles. The van der Waals surface area contributed by atoms with Crippen molar-refractivity contribution < 1.29 is 4.74 Å². The first kappa shape index (κ1) is 15.8. The van der Waals surface area contributed by atoms with Gasteiger partial charge in [0.2, 0.25) is 0 Å². The first-order chi connectivity index (χ1) is 10.2. The van der Waals surface area contributed by atoms with Crippen LogP contribution in [-0.4, -0.2) is 11.5 Å². The van der Waals surface area contributed by atoms with Gasteiger partial charge in [0, 0.05) is 24.0 Å². The zero-order chi connectivity index (χ0) is 15.1. The number of aromatic nitrogens is 1. The molecule has 0 aliphatic rings. The summed E-state index contributed by atoms with van der Waals surface area (Å²) in [5.74, 6) is 0.852. The Morgan fingerprint density at radius 1 is 1.33 bits per heavy atom. The third-order valence-electron chi connectivity index (χ3n) is 3.31. The summed E-state index contributed by atoms with van der Waals surface area (Å²) in [6.45, 7) is 5.78. The van der Waals surface area contributed by atoms with Gasteiger partial charge < -0.3 is 10.1 Å². The monoisotopic (exact) mass is 304 g/mol. The lowest BCUT2D eigenvalue weighted by atomic mass is 10.1. The highest BCUT2D eigenvalue weighted by atomic mass is 35.5. The summed E-state index contributed by atoms with van der Waals surface area (Å²) < 4.78 is 5.83. The second-order valence-corrected chi connectivity index (χ2v) is 5.41. The van der Waals surface area contributed by atoms with Gasteiger partial charge in [0.25, 0.3) is 0 Å². The van der Waals surface area contributed by atoms with Gasteiger partial charge in [-0.1, -0.05) is 30.7 Å². The molecule has 3 nitrogen and oxygen atoms in total. The van der Waals surface area contributed by atoms with Crippen LogP contribution in [-0.2, 0) is 6.61 Å². The van der Waals surface area contributed by atoms with Crippen molar-refractivity contribution in [1.82, 2.24) is 10.3 Å². The molecule has 1 aromatic heterocycles. The van der Waals surface area contributed by atoms with Crippen LogP contribution in [0.3, 0.4) is 0 Å². The summed E-state index contributed by atoms with van der Waals surface area (Å²) in [6.07, 6.45) is 4.48. The van der Waals surface area contributed by atoms with E-state index in [1.54, 1.807) is 12.4 Å². The van der Waals surface area contributed by atoms with Crippen LogP contribution < -0.4 is 10.1 Å². The molecule has 21 heavy (non-hydrogen) atoms. The topological polar surface area (TPSA) is 34.1 Å². The quantitative estimate of drug-likeness (QED) is 0.824. The minimum atomic E-state index is 0.318. The van der Waals surface area contributed by atoms with Crippen LogP contribution in [0.5, 0.6) is 5.75 Å². The van der Waals surface area contributed by atoms with Crippen molar-refractivity contribution >= 4 is 11.6 Å². The third-order valence-corrected chi connectivity index (χ3v) is 3.65. The maximum absolute atomic E-state index is 6.08. The van der Waals surface area contributed by atoms with Crippen LogP contribution in [0.15, 0.2) is 42.7 Å². The second-order valence-electron chi connectivity index (χ2n) is 5.00. The van der Waals surface area contributed by atoms with Gasteiger partial charge in [-0.15, -0.1) is 0 Å². The fourth-order valence-corrected chi connectivity index (χ4v) is 2.21. The van der Waals surface area contributed by atoms with E-state index in [4.69, 9.17) is 16.3 Å². The van der Waals surface area contributed by atoms with Crippen molar-refractivity contribution in [3.05, 3.63) is 58.9 Å². The highest BCUT2D eigenvalue weighted by molar-refractivity contribution is 6.31. The lowest BCUT2D eigenvalue weighted by Gasteiger charge is -2.15. The summed E-state index contributed by atoms with van der Waals surface area (Å²) in [4.78, 5) is 3.97. The van der Waals surface area contributed by atoms with E-state index >= 15 is 0 Å². The van der Waals surface area contributed by atoms with Crippen molar-refractivity contribution in [2.75, 3.05) is 6.54 Å². The molecule has 0 bridgehead atoms. The van der Waals surface area contributed by atoms with E-state index in [9.17, 15) is 0 Å². The molecule has 0 amide bonds. The molecule has 0 aliphatic carbocycles.